The highest BCUT2D eigenvalue weighted by atomic mass is 32.3. The lowest BCUT2D eigenvalue weighted by Gasteiger charge is -2.29. The summed E-state index contributed by atoms with van der Waals surface area (Å²) >= 11 is 0. The van der Waals surface area contributed by atoms with Crippen molar-refractivity contribution in [3.05, 3.63) is 66.2 Å². The molecule has 0 saturated heterocycles. The normalized spacial score (nSPS) is 12.4. The highest BCUT2D eigenvalue weighted by Crippen LogP contribution is 2.51. The van der Waals surface area contributed by atoms with Crippen molar-refractivity contribution in [1.82, 2.24) is 0 Å². The zero-order chi connectivity index (χ0) is 19.4. The van der Waals surface area contributed by atoms with Gasteiger partial charge in [0.25, 0.3) is 0 Å². The number of rotatable bonds is 7. The molecule has 0 saturated carbocycles. The Morgan fingerprint density at radius 2 is 1.58 bits per heavy atom. The van der Waals surface area contributed by atoms with Gasteiger partial charge in [-0.3, -0.25) is 4.18 Å². The molecule has 0 bridgehead atoms. The van der Waals surface area contributed by atoms with Gasteiger partial charge in [-0.2, -0.15) is 12.0 Å². The summed E-state index contributed by atoms with van der Waals surface area (Å²) in [5, 5.41) is 0. The maximum absolute atomic E-state index is 12.2. The van der Waals surface area contributed by atoms with Crippen molar-refractivity contribution in [2.24, 2.45) is 0 Å². The Morgan fingerprint density at radius 3 is 2.08 bits per heavy atom. The maximum Gasteiger partial charge on any atom is 0.409 e. The molecule has 26 heavy (non-hydrogen) atoms. The lowest BCUT2D eigenvalue weighted by molar-refractivity contribution is 0.0734. The second-order valence-corrected chi connectivity index (χ2v) is 10.2. The molecule has 0 fully saturated rings. The van der Waals surface area contributed by atoms with E-state index in [0.717, 1.165) is 12.7 Å². The molecular formula is C18H20O6S2. The molecule has 0 aromatic heterocycles. The third kappa shape index (κ3) is 5.18. The highest BCUT2D eigenvalue weighted by Gasteiger charge is 2.24. The van der Waals surface area contributed by atoms with Gasteiger partial charge in [-0.25, -0.2) is 4.79 Å². The lowest BCUT2D eigenvalue weighted by atomic mass is 10.1. The number of esters is 1. The molecule has 0 radical (unpaired) electrons. The predicted molar refractivity (Wildman–Crippen MR) is 103 cm³/mol. The van der Waals surface area contributed by atoms with Crippen molar-refractivity contribution in [2.45, 2.75) is 4.90 Å². The summed E-state index contributed by atoms with van der Waals surface area (Å²) in [5.74, 6) is -0.144. The van der Waals surface area contributed by atoms with E-state index in [4.69, 9.17) is 8.37 Å². The molecule has 0 spiro atoms. The van der Waals surface area contributed by atoms with Gasteiger partial charge in [-0.1, -0.05) is 35.1 Å². The van der Waals surface area contributed by atoms with E-state index >= 15 is 0 Å². The monoisotopic (exact) mass is 396 g/mol. The molecule has 0 amide bonds. The molecule has 0 aliphatic rings. The van der Waals surface area contributed by atoms with E-state index < -0.39 is 26.7 Å². The second-order valence-electron chi connectivity index (χ2n) is 5.56. The van der Waals surface area contributed by atoms with Gasteiger partial charge in [-0.15, -0.1) is 0 Å². The Balaban J connectivity index is 2.11. The van der Waals surface area contributed by atoms with Gasteiger partial charge < -0.3 is 4.74 Å². The van der Waals surface area contributed by atoms with Crippen LogP contribution in [-0.4, -0.2) is 34.0 Å². The van der Waals surface area contributed by atoms with Crippen LogP contribution in [0.3, 0.4) is 0 Å². The van der Waals surface area contributed by atoms with Gasteiger partial charge in [0.05, 0.1) is 12.7 Å². The Hall–Kier alpha value is -2.13. The van der Waals surface area contributed by atoms with Gasteiger partial charge >= 0.3 is 16.4 Å². The minimum absolute atomic E-state index is 0.344. The van der Waals surface area contributed by atoms with Gasteiger partial charge in [0.1, 0.15) is 5.75 Å². The van der Waals surface area contributed by atoms with Gasteiger partial charge in [0, 0.05) is 4.90 Å². The van der Waals surface area contributed by atoms with Crippen LogP contribution in [0.5, 0.6) is 5.75 Å². The van der Waals surface area contributed by atoms with Crippen LogP contribution in [0, 0.1) is 0 Å². The largest absolute Gasteiger partial charge is 0.423 e. The third-order valence-corrected chi connectivity index (χ3v) is 7.28. The van der Waals surface area contributed by atoms with Crippen LogP contribution >= 0.6 is 10.3 Å². The van der Waals surface area contributed by atoms with E-state index in [0.29, 0.717) is 16.2 Å². The Kier molecular flexibility index (Phi) is 6.25. The van der Waals surface area contributed by atoms with E-state index in [2.05, 4.69) is 10.8 Å². The number of carbonyl (C=O) groups excluding carboxylic acids is 1. The summed E-state index contributed by atoms with van der Waals surface area (Å²) in [5.41, 5.74) is 1.32. The SMILES string of the molecule is C=Cc1ccc(C(=O)Oc2ccc(S(C)(C)OS(=O)(=O)OC)cc2)cc1. The Morgan fingerprint density at radius 1 is 1.00 bits per heavy atom. The van der Waals surface area contributed by atoms with E-state index in [1.54, 1.807) is 67.1 Å². The quantitative estimate of drug-likeness (QED) is 0.523. The second kappa shape index (κ2) is 8.05. The van der Waals surface area contributed by atoms with Crippen molar-refractivity contribution in [2.75, 3.05) is 19.6 Å². The minimum atomic E-state index is -4.05. The van der Waals surface area contributed by atoms with Crippen LogP contribution in [0.25, 0.3) is 6.08 Å². The van der Waals surface area contributed by atoms with Crippen LogP contribution in [0.2, 0.25) is 0 Å². The van der Waals surface area contributed by atoms with Crippen LogP contribution < -0.4 is 4.74 Å². The highest BCUT2D eigenvalue weighted by molar-refractivity contribution is 8.31. The van der Waals surface area contributed by atoms with Crippen molar-refractivity contribution in [1.29, 1.82) is 0 Å². The van der Waals surface area contributed by atoms with E-state index in [9.17, 15) is 13.2 Å². The first-order chi connectivity index (χ1) is 12.2. The summed E-state index contributed by atoms with van der Waals surface area (Å²) in [4.78, 5) is 12.8. The smallest absolute Gasteiger partial charge is 0.409 e. The summed E-state index contributed by atoms with van der Waals surface area (Å²) < 4.78 is 37.8. The van der Waals surface area contributed by atoms with Crippen LogP contribution in [-0.2, 0) is 18.2 Å². The number of hydrogen-bond acceptors (Lipinski definition) is 6. The van der Waals surface area contributed by atoms with E-state index in [1.807, 2.05) is 0 Å². The third-order valence-electron chi connectivity index (χ3n) is 3.44. The molecule has 2 aromatic rings. The zero-order valence-corrected chi connectivity index (χ0v) is 16.3. The van der Waals surface area contributed by atoms with Crippen molar-refractivity contribution < 1.29 is 25.8 Å². The summed E-state index contributed by atoms with van der Waals surface area (Å²) in [6.07, 6.45) is 5.03. The summed E-state index contributed by atoms with van der Waals surface area (Å²) in [6, 6.07) is 13.3. The maximum atomic E-state index is 12.2. The molecule has 140 valence electrons. The average Bonchev–Trinajstić information content (AvgIpc) is 2.61. The Labute approximate surface area is 155 Å². The average molecular weight is 396 g/mol. The lowest BCUT2D eigenvalue weighted by Crippen LogP contribution is -2.12. The van der Waals surface area contributed by atoms with Gasteiger partial charge in [-0.05, 0) is 54.5 Å². The molecule has 0 heterocycles. The summed E-state index contributed by atoms with van der Waals surface area (Å²) in [6.45, 7) is 3.66. The van der Waals surface area contributed by atoms with Crippen molar-refractivity contribution >= 4 is 32.8 Å². The van der Waals surface area contributed by atoms with Crippen LogP contribution in [0.15, 0.2) is 60.0 Å². The standard InChI is InChI=1S/C18H20O6S2/c1-5-14-6-8-15(9-7-14)18(19)23-16-10-12-17(13-11-16)25(3,4)24-26(20,21)22-2/h5-13H,1H2,2-4H3. The molecule has 0 atom stereocenters. The first kappa shape index (κ1) is 20.2. The molecule has 0 aliphatic heterocycles. The predicted octanol–water partition coefficient (Wildman–Crippen LogP) is 3.79. The molecule has 8 heteroatoms. The van der Waals surface area contributed by atoms with Crippen LogP contribution in [0.4, 0.5) is 0 Å². The van der Waals surface area contributed by atoms with Crippen LogP contribution in [0.1, 0.15) is 15.9 Å². The first-order valence-corrected chi connectivity index (χ1v) is 11.2. The first-order valence-electron chi connectivity index (χ1n) is 7.46. The van der Waals surface area contributed by atoms with E-state index in [1.165, 1.54) is 0 Å². The molecule has 0 N–H and O–H groups in total. The fraction of sp³-hybridized carbons (Fsp3) is 0.167. The minimum Gasteiger partial charge on any atom is -0.423 e. The molecule has 2 aromatic carbocycles. The number of ether oxygens (including phenoxy) is 1. The summed E-state index contributed by atoms with van der Waals surface area (Å²) in [7, 11) is -5.11. The molecule has 2 rings (SSSR count). The molecule has 0 aliphatic carbocycles. The molecule has 6 nitrogen and oxygen atoms in total. The zero-order valence-electron chi connectivity index (χ0n) is 14.7. The fourth-order valence-electron chi connectivity index (χ4n) is 2.03. The number of benzene rings is 2. The topological polar surface area (TPSA) is 78.9 Å². The fourth-order valence-corrected chi connectivity index (χ4v) is 5.03. The van der Waals surface area contributed by atoms with Crippen molar-refractivity contribution in [3.63, 3.8) is 0 Å². The van der Waals surface area contributed by atoms with E-state index in [-0.39, 0.29) is 0 Å². The number of hydrogen-bond donors (Lipinski definition) is 0. The van der Waals surface area contributed by atoms with Gasteiger partial charge in [0.15, 0.2) is 0 Å². The number of carbonyl (C=O) groups is 1. The molecular weight excluding hydrogens is 376 g/mol. The van der Waals surface area contributed by atoms with Gasteiger partial charge in [0.2, 0.25) is 0 Å². The Bertz CT molecular complexity index is 884. The van der Waals surface area contributed by atoms with Crippen molar-refractivity contribution in [3.8, 4) is 5.75 Å². The molecule has 0 unspecified atom stereocenters.